The molecule has 1 aliphatic heterocycles. The minimum absolute atomic E-state index is 0.234. The van der Waals surface area contributed by atoms with Crippen LogP contribution in [0.3, 0.4) is 0 Å². The van der Waals surface area contributed by atoms with Gasteiger partial charge in [-0.05, 0) is 43.3 Å². The van der Waals surface area contributed by atoms with Crippen molar-refractivity contribution in [3.8, 4) is 0 Å². The Bertz CT molecular complexity index is 663. The summed E-state index contributed by atoms with van der Waals surface area (Å²) in [7, 11) is 0. The van der Waals surface area contributed by atoms with Gasteiger partial charge in [0.2, 0.25) is 3.79 Å². The van der Waals surface area contributed by atoms with Gasteiger partial charge in [-0.1, -0.05) is 46.9 Å². The molecular formula is C16H21Cl3N4O2S. The first-order chi connectivity index (χ1) is 12.2. The van der Waals surface area contributed by atoms with Crippen LogP contribution in [0.2, 0.25) is 0 Å². The number of morpholine rings is 1. The summed E-state index contributed by atoms with van der Waals surface area (Å²) in [5.74, 6) is 0. The van der Waals surface area contributed by atoms with Crippen LogP contribution in [0.1, 0.15) is 11.1 Å². The third-order valence-electron chi connectivity index (χ3n) is 3.81. The van der Waals surface area contributed by atoms with Crippen LogP contribution in [0.15, 0.2) is 18.2 Å². The van der Waals surface area contributed by atoms with Crippen molar-refractivity contribution in [2.24, 2.45) is 0 Å². The van der Waals surface area contributed by atoms with Crippen LogP contribution in [0.25, 0.3) is 0 Å². The number of amides is 2. The number of alkyl halides is 3. The Labute approximate surface area is 173 Å². The van der Waals surface area contributed by atoms with Crippen molar-refractivity contribution in [3.63, 3.8) is 0 Å². The first-order valence-corrected chi connectivity index (χ1v) is 9.55. The standard InChI is InChI=1S/C16H21Cl3N4O2S/c1-10-3-4-11(2)12(9-10)20-14(26)21-13(16(17,18)19)22-15(24)23-5-7-25-8-6-23/h3-4,9,13H,5-8H2,1-2H3,(H,22,24)(H2,20,21,26)/t13-/m1/s1. The molecule has 2 amide bonds. The lowest BCUT2D eigenvalue weighted by Crippen LogP contribution is -2.59. The number of hydrogen-bond donors (Lipinski definition) is 3. The first-order valence-electron chi connectivity index (χ1n) is 8.01. The second-order valence-electron chi connectivity index (χ2n) is 5.94. The molecule has 0 aromatic heterocycles. The van der Waals surface area contributed by atoms with Crippen LogP contribution in [0.5, 0.6) is 0 Å². The topological polar surface area (TPSA) is 65.6 Å². The zero-order valence-electron chi connectivity index (χ0n) is 14.4. The second-order valence-corrected chi connectivity index (χ2v) is 8.72. The maximum Gasteiger partial charge on any atom is 0.319 e. The average molecular weight is 440 g/mol. The number of rotatable bonds is 3. The maximum atomic E-state index is 12.4. The highest BCUT2D eigenvalue weighted by atomic mass is 35.6. The zero-order valence-corrected chi connectivity index (χ0v) is 17.5. The van der Waals surface area contributed by atoms with E-state index in [4.69, 9.17) is 51.8 Å². The van der Waals surface area contributed by atoms with E-state index in [0.29, 0.717) is 26.3 Å². The Balaban J connectivity index is 2.01. The fraction of sp³-hybridized carbons (Fsp3) is 0.500. The van der Waals surface area contributed by atoms with Gasteiger partial charge in [0.15, 0.2) is 11.3 Å². The van der Waals surface area contributed by atoms with Crippen LogP contribution in [-0.2, 0) is 4.74 Å². The van der Waals surface area contributed by atoms with Crippen LogP contribution in [-0.4, -0.2) is 52.3 Å². The number of thiocarbonyl (C=S) groups is 1. The molecule has 0 saturated carbocycles. The van der Waals surface area contributed by atoms with Crippen molar-refractivity contribution in [2.75, 3.05) is 31.6 Å². The molecular weight excluding hydrogens is 419 g/mol. The summed E-state index contributed by atoms with van der Waals surface area (Å²) in [6.45, 7) is 5.84. The van der Waals surface area contributed by atoms with Crippen LogP contribution in [0, 0.1) is 13.8 Å². The van der Waals surface area contributed by atoms with E-state index in [-0.39, 0.29) is 11.1 Å². The Morgan fingerprint density at radius 1 is 1.23 bits per heavy atom. The van der Waals surface area contributed by atoms with Gasteiger partial charge in [-0.25, -0.2) is 4.79 Å². The molecule has 1 fully saturated rings. The molecule has 0 bridgehead atoms. The van der Waals surface area contributed by atoms with E-state index in [1.165, 1.54) is 0 Å². The summed E-state index contributed by atoms with van der Waals surface area (Å²) in [6.07, 6.45) is -1.01. The Morgan fingerprint density at radius 2 is 1.88 bits per heavy atom. The van der Waals surface area contributed by atoms with Crippen molar-refractivity contribution >= 4 is 63.9 Å². The second kappa shape index (κ2) is 9.28. The number of ether oxygens (including phenoxy) is 1. The summed E-state index contributed by atoms with van der Waals surface area (Å²) in [5.41, 5.74) is 2.94. The third-order valence-corrected chi connectivity index (χ3v) is 4.68. The van der Waals surface area contributed by atoms with Crippen LogP contribution in [0.4, 0.5) is 10.5 Å². The predicted octanol–water partition coefficient (Wildman–Crippen LogP) is 3.33. The van der Waals surface area contributed by atoms with Crippen LogP contribution >= 0.6 is 47.0 Å². The lowest BCUT2D eigenvalue weighted by molar-refractivity contribution is 0.0524. The van der Waals surface area contributed by atoms with Gasteiger partial charge < -0.3 is 25.6 Å². The number of carbonyl (C=O) groups is 1. The van der Waals surface area contributed by atoms with Crippen LogP contribution < -0.4 is 16.0 Å². The molecule has 144 valence electrons. The molecule has 2 rings (SSSR count). The molecule has 0 spiro atoms. The number of carbonyl (C=O) groups excluding carboxylic acids is 1. The lowest BCUT2D eigenvalue weighted by atomic mass is 10.1. The van der Waals surface area contributed by atoms with E-state index < -0.39 is 9.96 Å². The molecule has 1 aromatic rings. The van der Waals surface area contributed by atoms with Crippen molar-refractivity contribution in [3.05, 3.63) is 29.3 Å². The normalized spacial score (nSPS) is 16.0. The summed E-state index contributed by atoms with van der Waals surface area (Å²) < 4.78 is 3.43. The maximum absolute atomic E-state index is 12.4. The number of nitrogens with one attached hydrogen (secondary N) is 3. The number of anilines is 1. The van der Waals surface area contributed by atoms with Crippen molar-refractivity contribution in [1.82, 2.24) is 15.5 Å². The minimum atomic E-state index is -1.80. The van der Waals surface area contributed by atoms with E-state index in [2.05, 4.69) is 16.0 Å². The van der Waals surface area contributed by atoms with Gasteiger partial charge in [-0.3, -0.25) is 0 Å². The summed E-state index contributed by atoms with van der Waals surface area (Å²) in [6, 6.07) is 5.59. The first kappa shape index (κ1) is 21.3. The van der Waals surface area contributed by atoms with E-state index in [9.17, 15) is 4.79 Å². The largest absolute Gasteiger partial charge is 0.378 e. The Morgan fingerprint density at radius 3 is 2.50 bits per heavy atom. The van der Waals surface area contributed by atoms with Gasteiger partial charge >= 0.3 is 6.03 Å². The molecule has 3 N–H and O–H groups in total. The van der Waals surface area contributed by atoms with Crippen molar-refractivity contribution in [2.45, 2.75) is 23.8 Å². The van der Waals surface area contributed by atoms with E-state index in [0.717, 1.165) is 16.8 Å². The van der Waals surface area contributed by atoms with Gasteiger partial charge in [-0.2, -0.15) is 0 Å². The quantitative estimate of drug-likeness (QED) is 0.383. The summed E-state index contributed by atoms with van der Waals surface area (Å²) in [4.78, 5) is 14.0. The molecule has 1 heterocycles. The highest BCUT2D eigenvalue weighted by Crippen LogP contribution is 2.29. The lowest BCUT2D eigenvalue weighted by Gasteiger charge is -2.32. The number of aryl methyl sites for hydroxylation is 2. The molecule has 26 heavy (non-hydrogen) atoms. The molecule has 0 radical (unpaired) electrons. The minimum Gasteiger partial charge on any atom is -0.378 e. The molecule has 0 aliphatic carbocycles. The van der Waals surface area contributed by atoms with Crippen molar-refractivity contribution < 1.29 is 9.53 Å². The summed E-state index contributed by atoms with van der Waals surface area (Å²) in [5, 5.41) is 8.82. The van der Waals surface area contributed by atoms with Crippen molar-refractivity contribution in [1.29, 1.82) is 0 Å². The van der Waals surface area contributed by atoms with E-state index in [1.807, 2.05) is 32.0 Å². The number of urea groups is 1. The van der Waals surface area contributed by atoms with E-state index in [1.54, 1.807) is 4.90 Å². The fourth-order valence-corrected chi connectivity index (χ4v) is 2.90. The van der Waals surface area contributed by atoms with Gasteiger partial charge in [0.1, 0.15) is 0 Å². The number of nitrogens with zero attached hydrogens (tertiary/aromatic N) is 1. The van der Waals surface area contributed by atoms with Gasteiger partial charge in [-0.15, -0.1) is 0 Å². The van der Waals surface area contributed by atoms with Gasteiger partial charge in [0.25, 0.3) is 0 Å². The Kier molecular flexibility index (Phi) is 7.61. The molecule has 1 aliphatic rings. The van der Waals surface area contributed by atoms with Gasteiger partial charge in [0.05, 0.1) is 13.2 Å². The van der Waals surface area contributed by atoms with Gasteiger partial charge in [0, 0.05) is 18.8 Å². The SMILES string of the molecule is Cc1ccc(C)c(NC(=S)N[C@H](NC(=O)N2CCOCC2)C(Cl)(Cl)Cl)c1. The Hall–Kier alpha value is -0.990. The molecule has 1 aromatic carbocycles. The number of halogens is 3. The fourth-order valence-electron chi connectivity index (χ4n) is 2.34. The number of benzene rings is 1. The smallest absolute Gasteiger partial charge is 0.319 e. The number of hydrogen-bond acceptors (Lipinski definition) is 3. The van der Waals surface area contributed by atoms with E-state index >= 15 is 0 Å². The molecule has 1 saturated heterocycles. The molecule has 10 heteroatoms. The molecule has 1 atom stereocenters. The predicted molar refractivity (Wildman–Crippen MR) is 110 cm³/mol. The highest BCUT2D eigenvalue weighted by molar-refractivity contribution is 7.80. The molecule has 0 unspecified atom stereocenters. The average Bonchev–Trinajstić information content (AvgIpc) is 2.57. The third kappa shape index (κ3) is 6.32. The summed E-state index contributed by atoms with van der Waals surface area (Å²) >= 11 is 23.3. The molecule has 6 nitrogen and oxygen atoms in total. The highest BCUT2D eigenvalue weighted by Gasteiger charge is 2.35. The zero-order chi connectivity index (χ0) is 19.3. The monoisotopic (exact) mass is 438 g/mol.